The van der Waals surface area contributed by atoms with Crippen molar-refractivity contribution in [2.75, 3.05) is 13.4 Å². The molecule has 1 aromatic carbocycles. The van der Waals surface area contributed by atoms with Crippen LogP contribution in [0.1, 0.15) is 18.4 Å². The van der Waals surface area contributed by atoms with Gasteiger partial charge in [0.25, 0.3) is 0 Å². The van der Waals surface area contributed by atoms with Crippen LogP contribution in [0.3, 0.4) is 0 Å². The van der Waals surface area contributed by atoms with E-state index in [-0.39, 0.29) is 18.9 Å². The van der Waals surface area contributed by atoms with Crippen LogP contribution in [0.2, 0.25) is 0 Å². The number of hydrogen-bond donors (Lipinski definition) is 0. The maximum absolute atomic E-state index is 10.8. The Morgan fingerprint density at radius 3 is 2.76 bits per heavy atom. The standard InChI is InChI=1S/C13H16O4/c14-13-7-6-12(17-13)9-16-10-15-8-11-4-2-1-3-5-11/h1-5,12H,6-10H2/t12-/m0/s1. The molecule has 0 saturated carbocycles. The zero-order chi connectivity index (χ0) is 11.9. The molecule has 2 rings (SSSR count). The molecule has 1 atom stereocenters. The lowest BCUT2D eigenvalue weighted by Gasteiger charge is -2.10. The van der Waals surface area contributed by atoms with Crippen molar-refractivity contribution in [3.8, 4) is 0 Å². The van der Waals surface area contributed by atoms with Gasteiger partial charge >= 0.3 is 5.97 Å². The minimum Gasteiger partial charge on any atom is -0.460 e. The van der Waals surface area contributed by atoms with E-state index < -0.39 is 0 Å². The summed E-state index contributed by atoms with van der Waals surface area (Å²) in [5.74, 6) is -0.135. The van der Waals surface area contributed by atoms with E-state index in [4.69, 9.17) is 14.2 Å². The Labute approximate surface area is 100 Å². The van der Waals surface area contributed by atoms with Gasteiger partial charge in [0.15, 0.2) is 0 Å². The lowest BCUT2D eigenvalue weighted by molar-refractivity contribution is -0.146. The van der Waals surface area contributed by atoms with Crippen molar-refractivity contribution in [2.24, 2.45) is 0 Å². The summed E-state index contributed by atoms with van der Waals surface area (Å²) in [7, 11) is 0. The molecule has 92 valence electrons. The molecule has 0 unspecified atom stereocenters. The number of esters is 1. The van der Waals surface area contributed by atoms with E-state index in [9.17, 15) is 4.79 Å². The Bertz CT molecular complexity index is 350. The van der Waals surface area contributed by atoms with Gasteiger partial charge in [-0.3, -0.25) is 4.79 Å². The van der Waals surface area contributed by atoms with Gasteiger partial charge in [-0.1, -0.05) is 30.3 Å². The summed E-state index contributed by atoms with van der Waals surface area (Å²) in [5, 5.41) is 0. The topological polar surface area (TPSA) is 44.8 Å². The highest BCUT2D eigenvalue weighted by Crippen LogP contribution is 2.13. The average Bonchev–Trinajstić information content (AvgIpc) is 2.76. The molecule has 17 heavy (non-hydrogen) atoms. The molecular weight excluding hydrogens is 220 g/mol. The third kappa shape index (κ3) is 4.17. The van der Waals surface area contributed by atoms with Crippen LogP contribution >= 0.6 is 0 Å². The first-order chi connectivity index (χ1) is 8.34. The van der Waals surface area contributed by atoms with Gasteiger partial charge in [0.1, 0.15) is 12.9 Å². The fraction of sp³-hybridized carbons (Fsp3) is 0.462. The molecule has 1 aliphatic rings. The van der Waals surface area contributed by atoms with E-state index >= 15 is 0 Å². The van der Waals surface area contributed by atoms with Crippen molar-refractivity contribution >= 4 is 5.97 Å². The average molecular weight is 236 g/mol. The van der Waals surface area contributed by atoms with E-state index in [1.807, 2.05) is 30.3 Å². The smallest absolute Gasteiger partial charge is 0.306 e. The summed E-state index contributed by atoms with van der Waals surface area (Å²) in [6, 6.07) is 9.90. The molecule has 1 aliphatic heterocycles. The van der Waals surface area contributed by atoms with Crippen LogP contribution in [0.25, 0.3) is 0 Å². The van der Waals surface area contributed by atoms with Crippen molar-refractivity contribution in [3.05, 3.63) is 35.9 Å². The summed E-state index contributed by atoms with van der Waals surface area (Å²) in [6.07, 6.45) is 1.15. The highest BCUT2D eigenvalue weighted by atomic mass is 16.7. The van der Waals surface area contributed by atoms with Gasteiger partial charge in [0.2, 0.25) is 0 Å². The summed E-state index contributed by atoms with van der Waals surface area (Å²) in [6.45, 7) is 1.18. The quantitative estimate of drug-likeness (QED) is 0.430. The molecule has 0 spiro atoms. The van der Waals surface area contributed by atoms with E-state index in [0.717, 1.165) is 12.0 Å². The molecule has 0 aromatic heterocycles. The second kappa shape index (κ2) is 6.37. The number of benzene rings is 1. The number of rotatable bonds is 6. The van der Waals surface area contributed by atoms with Gasteiger partial charge in [0.05, 0.1) is 13.2 Å². The molecule has 0 N–H and O–H groups in total. The first-order valence-corrected chi connectivity index (χ1v) is 5.73. The van der Waals surface area contributed by atoms with Crippen LogP contribution in [0.4, 0.5) is 0 Å². The number of hydrogen-bond acceptors (Lipinski definition) is 4. The van der Waals surface area contributed by atoms with Crippen molar-refractivity contribution in [2.45, 2.75) is 25.6 Å². The molecule has 1 heterocycles. The Morgan fingerprint density at radius 1 is 1.24 bits per heavy atom. The highest BCUT2D eigenvalue weighted by molar-refractivity contribution is 5.71. The largest absolute Gasteiger partial charge is 0.460 e. The minimum atomic E-state index is -0.135. The first-order valence-electron chi connectivity index (χ1n) is 5.73. The van der Waals surface area contributed by atoms with Gasteiger partial charge in [0, 0.05) is 6.42 Å². The fourth-order valence-electron chi connectivity index (χ4n) is 1.67. The Kier molecular flexibility index (Phi) is 4.53. The Morgan fingerprint density at radius 2 is 2.06 bits per heavy atom. The van der Waals surface area contributed by atoms with Crippen LogP contribution in [0.5, 0.6) is 0 Å². The first kappa shape index (κ1) is 12.1. The van der Waals surface area contributed by atoms with Crippen molar-refractivity contribution < 1.29 is 19.0 Å². The Hall–Kier alpha value is -1.39. The Balaban J connectivity index is 1.53. The second-order valence-corrected chi connectivity index (χ2v) is 3.97. The van der Waals surface area contributed by atoms with Gasteiger partial charge < -0.3 is 14.2 Å². The summed E-state index contributed by atoms with van der Waals surface area (Å²) >= 11 is 0. The molecule has 0 aliphatic carbocycles. The third-order valence-corrected chi connectivity index (χ3v) is 2.55. The van der Waals surface area contributed by atoms with Crippen LogP contribution in [-0.2, 0) is 25.6 Å². The van der Waals surface area contributed by atoms with E-state index in [0.29, 0.717) is 19.6 Å². The lowest BCUT2D eigenvalue weighted by Crippen LogP contribution is -2.16. The molecule has 1 saturated heterocycles. The van der Waals surface area contributed by atoms with Crippen LogP contribution in [0, 0.1) is 0 Å². The van der Waals surface area contributed by atoms with Crippen molar-refractivity contribution in [1.82, 2.24) is 0 Å². The summed E-state index contributed by atoms with van der Waals surface area (Å²) < 4.78 is 15.6. The number of ether oxygens (including phenoxy) is 3. The highest BCUT2D eigenvalue weighted by Gasteiger charge is 2.22. The normalized spacial score (nSPS) is 19.3. The maximum Gasteiger partial charge on any atom is 0.306 e. The van der Waals surface area contributed by atoms with Crippen molar-refractivity contribution in [3.63, 3.8) is 0 Å². The molecular formula is C13H16O4. The molecule has 0 bridgehead atoms. The van der Waals surface area contributed by atoms with E-state index in [1.54, 1.807) is 0 Å². The minimum absolute atomic E-state index is 0.0946. The zero-order valence-electron chi connectivity index (χ0n) is 9.63. The van der Waals surface area contributed by atoms with Gasteiger partial charge in [-0.15, -0.1) is 0 Å². The van der Waals surface area contributed by atoms with Gasteiger partial charge in [-0.2, -0.15) is 0 Å². The molecule has 4 nitrogen and oxygen atoms in total. The number of carbonyl (C=O) groups is 1. The predicted octanol–water partition coefficient (Wildman–Crippen LogP) is 1.88. The molecule has 4 heteroatoms. The second-order valence-electron chi connectivity index (χ2n) is 3.97. The van der Waals surface area contributed by atoms with E-state index in [2.05, 4.69) is 0 Å². The number of cyclic esters (lactones) is 1. The van der Waals surface area contributed by atoms with E-state index in [1.165, 1.54) is 0 Å². The van der Waals surface area contributed by atoms with Crippen LogP contribution in [0.15, 0.2) is 30.3 Å². The maximum atomic E-state index is 10.8. The molecule has 1 fully saturated rings. The van der Waals surface area contributed by atoms with Gasteiger partial charge in [-0.05, 0) is 12.0 Å². The third-order valence-electron chi connectivity index (χ3n) is 2.55. The molecule has 0 radical (unpaired) electrons. The van der Waals surface area contributed by atoms with Crippen LogP contribution < -0.4 is 0 Å². The van der Waals surface area contributed by atoms with Crippen LogP contribution in [-0.4, -0.2) is 25.5 Å². The fourth-order valence-corrected chi connectivity index (χ4v) is 1.67. The summed E-state index contributed by atoms with van der Waals surface area (Å²) in [5.41, 5.74) is 1.11. The lowest BCUT2D eigenvalue weighted by atomic mass is 10.2. The zero-order valence-corrected chi connectivity index (χ0v) is 9.63. The SMILES string of the molecule is O=C1CC[C@@H](COCOCc2ccccc2)O1. The predicted molar refractivity (Wildman–Crippen MR) is 61.2 cm³/mol. The van der Waals surface area contributed by atoms with Gasteiger partial charge in [-0.25, -0.2) is 0 Å². The molecule has 0 amide bonds. The van der Waals surface area contributed by atoms with Crippen molar-refractivity contribution in [1.29, 1.82) is 0 Å². The molecule has 1 aromatic rings. The summed E-state index contributed by atoms with van der Waals surface area (Å²) in [4.78, 5) is 10.8. The monoisotopic (exact) mass is 236 g/mol. The number of carbonyl (C=O) groups excluding carboxylic acids is 1.